The van der Waals surface area contributed by atoms with Crippen molar-refractivity contribution in [1.82, 2.24) is 0 Å². The summed E-state index contributed by atoms with van der Waals surface area (Å²) in [6.45, 7) is 0. The fourth-order valence-corrected chi connectivity index (χ4v) is 1.01. The van der Waals surface area contributed by atoms with Crippen LogP contribution in [0, 0.1) is 39.8 Å². The number of nitriles is 3. The average molecular weight is 228 g/mol. The maximum atomic E-state index is 13.0. The highest BCUT2D eigenvalue weighted by atomic mass is 19.1. The van der Waals surface area contributed by atoms with Crippen molar-refractivity contribution in [3.8, 4) is 24.0 Å². The van der Waals surface area contributed by atoms with Crippen molar-refractivity contribution in [3.63, 3.8) is 0 Å². The highest BCUT2D eigenvalue weighted by molar-refractivity contribution is 5.59. The molecule has 1 aromatic carbocycles. The van der Waals surface area contributed by atoms with Crippen LogP contribution in [-0.2, 0) is 0 Å². The van der Waals surface area contributed by atoms with Crippen molar-refractivity contribution in [2.75, 3.05) is 5.32 Å². The Hall–Kier alpha value is -3.04. The van der Waals surface area contributed by atoms with Crippen molar-refractivity contribution < 1.29 is 9.50 Å². The van der Waals surface area contributed by atoms with Gasteiger partial charge in [-0.3, -0.25) is 0 Å². The molecule has 0 radical (unpaired) electrons. The Morgan fingerprint density at radius 2 is 1.82 bits per heavy atom. The van der Waals surface area contributed by atoms with Crippen LogP contribution in [0.3, 0.4) is 0 Å². The van der Waals surface area contributed by atoms with Crippen molar-refractivity contribution in [2.45, 2.75) is 0 Å². The smallest absolute Gasteiger partial charge is 0.166 e. The molecule has 0 saturated heterocycles. The maximum Gasteiger partial charge on any atom is 0.166 e. The van der Waals surface area contributed by atoms with Gasteiger partial charge < -0.3 is 10.4 Å². The second-order valence-electron chi connectivity index (χ2n) is 2.88. The van der Waals surface area contributed by atoms with E-state index in [9.17, 15) is 4.39 Å². The summed E-state index contributed by atoms with van der Waals surface area (Å²) in [4.78, 5) is 0. The second kappa shape index (κ2) is 5.16. The largest absolute Gasteiger partial charge is 0.505 e. The molecule has 82 valence electrons. The average Bonchev–Trinajstić information content (AvgIpc) is 2.33. The van der Waals surface area contributed by atoms with E-state index in [-0.39, 0.29) is 11.4 Å². The summed E-state index contributed by atoms with van der Waals surface area (Å²) in [6, 6.07) is 8.04. The number of allylic oxidation sites excluding steroid dienone is 2. The molecule has 0 spiro atoms. The first-order valence-electron chi connectivity index (χ1n) is 4.32. The van der Waals surface area contributed by atoms with E-state index >= 15 is 0 Å². The Kier molecular flexibility index (Phi) is 3.65. The molecule has 0 amide bonds. The van der Waals surface area contributed by atoms with Gasteiger partial charge in [0.1, 0.15) is 23.9 Å². The van der Waals surface area contributed by atoms with E-state index in [0.29, 0.717) is 0 Å². The minimum atomic E-state index is -0.872. The van der Waals surface area contributed by atoms with Gasteiger partial charge in [-0.2, -0.15) is 15.8 Å². The van der Waals surface area contributed by atoms with E-state index in [4.69, 9.17) is 20.9 Å². The topological polar surface area (TPSA) is 104 Å². The molecule has 0 fully saturated rings. The zero-order valence-electron chi connectivity index (χ0n) is 8.40. The van der Waals surface area contributed by atoms with Crippen LogP contribution in [0.25, 0.3) is 0 Å². The van der Waals surface area contributed by atoms with Crippen molar-refractivity contribution in [1.29, 1.82) is 15.8 Å². The van der Waals surface area contributed by atoms with Gasteiger partial charge in [-0.15, -0.1) is 0 Å². The van der Waals surface area contributed by atoms with Crippen LogP contribution in [0.2, 0.25) is 0 Å². The van der Waals surface area contributed by atoms with Gasteiger partial charge in [0.2, 0.25) is 0 Å². The molecule has 0 heterocycles. The minimum Gasteiger partial charge on any atom is -0.505 e. The quantitative estimate of drug-likeness (QED) is 0.593. The maximum absolute atomic E-state index is 13.0. The lowest BCUT2D eigenvalue weighted by Gasteiger charge is -2.04. The third-order valence-corrected chi connectivity index (χ3v) is 1.80. The predicted octanol–water partition coefficient (Wildman–Crippen LogP) is 1.77. The molecule has 0 aliphatic carbocycles. The van der Waals surface area contributed by atoms with Crippen LogP contribution in [0.15, 0.2) is 29.5 Å². The van der Waals surface area contributed by atoms with Crippen molar-refractivity contribution in [3.05, 3.63) is 35.3 Å². The molecule has 0 saturated carbocycles. The van der Waals surface area contributed by atoms with E-state index in [1.807, 2.05) is 0 Å². The zero-order valence-corrected chi connectivity index (χ0v) is 8.40. The SMILES string of the molecule is N#CC(C#N)=C(C#N)Nc1ccc(O)c(F)c1. The minimum absolute atomic E-state index is 0.153. The van der Waals surface area contributed by atoms with E-state index in [1.165, 1.54) is 18.2 Å². The number of anilines is 1. The normalized spacial score (nSPS) is 8.35. The van der Waals surface area contributed by atoms with Crippen LogP contribution in [-0.4, -0.2) is 5.11 Å². The number of phenols is 1. The van der Waals surface area contributed by atoms with Crippen molar-refractivity contribution in [2.24, 2.45) is 0 Å². The summed E-state index contributed by atoms with van der Waals surface area (Å²) in [5.41, 5.74) is -0.527. The van der Waals surface area contributed by atoms with Crippen LogP contribution >= 0.6 is 0 Å². The number of benzene rings is 1. The Morgan fingerprint density at radius 3 is 2.29 bits per heavy atom. The molecule has 0 atom stereocenters. The third kappa shape index (κ3) is 2.71. The van der Waals surface area contributed by atoms with Crippen LogP contribution in [0.1, 0.15) is 0 Å². The molecule has 0 aliphatic heterocycles. The highest BCUT2D eigenvalue weighted by Gasteiger charge is 2.07. The first-order chi connectivity index (χ1) is 8.12. The summed E-state index contributed by atoms with van der Waals surface area (Å²) in [7, 11) is 0. The Balaban J connectivity index is 3.11. The molecule has 2 N–H and O–H groups in total. The first-order valence-corrected chi connectivity index (χ1v) is 4.32. The molecule has 1 rings (SSSR count). The summed E-state index contributed by atoms with van der Waals surface area (Å²) < 4.78 is 13.0. The summed E-state index contributed by atoms with van der Waals surface area (Å²) >= 11 is 0. The number of rotatable bonds is 2. The molecule has 17 heavy (non-hydrogen) atoms. The monoisotopic (exact) mass is 228 g/mol. The molecule has 1 aromatic rings. The molecule has 0 unspecified atom stereocenters. The molecule has 0 aliphatic rings. The number of aromatic hydroxyl groups is 1. The van der Waals surface area contributed by atoms with Gasteiger partial charge in [0.25, 0.3) is 0 Å². The van der Waals surface area contributed by atoms with Gasteiger partial charge in [-0.25, -0.2) is 4.39 Å². The predicted molar refractivity (Wildman–Crippen MR) is 55.6 cm³/mol. The standard InChI is InChI=1S/C11H5FN4O/c12-9-3-8(1-2-11(9)17)16-10(6-15)7(4-13)5-14/h1-3,16-17H. The van der Waals surface area contributed by atoms with Gasteiger partial charge in [-0.1, -0.05) is 0 Å². The third-order valence-electron chi connectivity index (χ3n) is 1.80. The highest BCUT2D eigenvalue weighted by Crippen LogP contribution is 2.20. The van der Waals surface area contributed by atoms with Gasteiger partial charge in [-0.05, 0) is 12.1 Å². The second-order valence-corrected chi connectivity index (χ2v) is 2.88. The number of nitrogens with one attached hydrogen (secondary N) is 1. The van der Waals surface area contributed by atoms with Gasteiger partial charge in [0.05, 0.1) is 0 Å². The number of hydrogen-bond acceptors (Lipinski definition) is 5. The molecular formula is C11H5FN4O. The number of hydrogen-bond donors (Lipinski definition) is 2. The Morgan fingerprint density at radius 1 is 1.18 bits per heavy atom. The number of nitrogens with zero attached hydrogens (tertiary/aromatic N) is 3. The molecule has 6 heteroatoms. The van der Waals surface area contributed by atoms with E-state index < -0.39 is 17.1 Å². The molecular weight excluding hydrogens is 223 g/mol. The first kappa shape index (κ1) is 12.0. The summed E-state index contributed by atoms with van der Waals surface area (Å²) in [6.07, 6.45) is 0. The Bertz CT molecular complexity index is 585. The Labute approximate surface area is 96.3 Å². The zero-order chi connectivity index (χ0) is 12.8. The lowest BCUT2D eigenvalue weighted by atomic mass is 10.2. The summed E-state index contributed by atoms with van der Waals surface area (Å²) in [5, 5.41) is 37.2. The van der Waals surface area contributed by atoms with Crippen LogP contribution < -0.4 is 5.32 Å². The van der Waals surface area contributed by atoms with Gasteiger partial charge >= 0.3 is 0 Å². The van der Waals surface area contributed by atoms with Crippen LogP contribution in [0.4, 0.5) is 10.1 Å². The van der Waals surface area contributed by atoms with Crippen molar-refractivity contribution >= 4 is 5.69 Å². The fourth-order valence-electron chi connectivity index (χ4n) is 1.01. The number of halogens is 1. The van der Waals surface area contributed by atoms with Crippen LogP contribution in [0.5, 0.6) is 5.75 Å². The summed E-state index contributed by atoms with van der Waals surface area (Å²) in [5.74, 6) is -1.40. The van der Waals surface area contributed by atoms with E-state index in [0.717, 1.165) is 12.1 Å². The van der Waals surface area contributed by atoms with E-state index in [2.05, 4.69) is 5.32 Å². The number of phenolic OH excluding ortho intramolecular Hbond substituents is 1. The fraction of sp³-hybridized carbons (Fsp3) is 0. The lowest BCUT2D eigenvalue weighted by molar-refractivity contribution is 0.432. The molecule has 0 bridgehead atoms. The van der Waals surface area contributed by atoms with E-state index in [1.54, 1.807) is 6.07 Å². The lowest BCUT2D eigenvalue weighted by Crippen LogP contribution is -2.00. The van der Waals surface area contributed by atoms with Gasteiger partial charge in [0, 0.05) is 11.8 Å². The van der Waals surface area contributed by atoms with Gasteiger partial charge in [0.15, 0.2) is 17.1 Å². The molecule has 5 nitrogen and oxygen atoms in total. The molecule has 0 aromatic heterocycles.